The molecule has 3 rings (SSSR count). The summed E-state index contributed by atoms with van der Waals surface area (Å²) < 4.78 is 50.1. The fraction of sp³-hybridized carbons (Fsp3) is 0.464. The first-order chi connectivity index (χ1) is 17.0. The van der Waals surface area contributed by atoms with Gasteiger partial charge in [-0.3, -0.25) is 0 Å². The van der Waals surface area contributed by atoms with Crippen molar-refractivity contribution in [1.82, 2.24) is 4.98 Å². The van der Waals surface area contributed by atoms with Crippen molar-refractivity contribution in [1.29, 1.82) is 0 Å². The number of ether oxygens (including phenoxy) is 1. The minimum Gasteiger partial charge on any atom is -0.488 e. The van der Waals surface area contributed by atoms with Gasteiger partial charge in [0.2, 0.25) is 0 Å². The number of likely N-dealkylation sites (N-methyl/N-ethyl adjacent to an activating group) is 1. The Labute approximate surface area is 214 Å². The Bertz CT molecular complexity index is 946. The second-order valence-corrected chi connectivity index (χ2v) is 8.32. The molecule has 0 radical (unpaired) electrons. The number of oxazole rings is 1. The maximum atomic E-state index is 12.6. The van der Waals surface area contributed by atoms with Crippen LogP contribution >= 0.6 is 0 Å². The van der Waals surface area contributed by atoms with Crippen LogP contribution in [0.5, 0.6) is 5.75 Å². The van der Waals surface area contributed by atoms with Gasteiger partial charge in [0.15, 0.2) is 5.76 Å². The predicted octanol–water partition coefficient (Wildman–Crippen LogP) is 8.66. The molecule has 1 N–H and O–H groups in total. The van der Waals surface area contributed by atoms with E-state index in [1.807, 2.05) is 52.0 Å². The number of alkyl halides is 3. The monoisotopic (exact) mass is 510 g/mol. The number of nitrogens with one attached hydrogen (secondary N) is 1. The third kappa shape index (κ3) is 12.6. The highest BCUT2D eigenvalue weighted by molar-refractivity contribution is 5.60. The Morgan fingerprint density at radius 3 is 1.89 bits per heavy atom. The minimum atomic E-state index is -4.36. The summed E-state index contributed by atoms with van der Waals surface area (Å²) in [5.74, 6) is 1.31. The van der Waals surface area contributed by atoms with E-state index in [0.29, 0.717) is 18.1 Å². The zero-order valence-electron chi connectivity index (χ0n) is 23.2. The second kappa shape index (κ2) is 16.6. The van der Waals surface area contributed by atoms with Crippen molar-refractivity contribution in [3.8, 4) is 17.1 Å². The van der Waals surface area contributed by atoms with E-state index in [-0.39, 0.29) is 6.01 Å². The Morgan fingerprint density at radius 1 is 0.889 bits per heavy atom. The smallest absolute Gasteiger partial charge is 0.416 e. The highest BCUT2D eigenvalue weighted by atomic mass is 19.4. The molecule has 0 aliphatic carbocycles. The van der Waals surface area contributed by atoms with E-state index in [0.717, 1.165) is 34.5 Å². The number of hydrogen-bond acceptors (Lipinski definition) is 4. The van der Waals surface area contributed by atoms with E-state index in [1.165, 1.54) is 18.6 Å². The summed E-state index contributed by atoms with van der Waals surface area (Å²) in [6, 6.07) is 12.3. The number of aromatic nitrogens is 1. The number of halogens is 3. The molecular formula is C28H43F3N3O2+. The molecule has 202 valence electrons. The first-order valence-electron chi connectivity index (χ1n) is 12.5. The Hall–Kier alpha value is -3.00. The van der Waals surface area contributed by atoms with Gasteiger partial charge in [-0.2, -0.15) is 13.2 Å². The fourth-order valence-corrected chi connectivity index (χ4v) is 2.48. The van der Waals surface area contributed by atoms with Gasteiger partial charge in [0.25, 0.3) is 6.01 Å². The van der Waals surface area contributed by atoms with E-state index in [2.05, 4.69) is 45.3 Å². The first-order valence-corrected chi connectivity index (χ1v) is 12.5. The first kappa shape index (κ1) is 33.0. The summed E-state index contributed by atoms with van der Waals surface area (Å²) in [5, 5.41) is 2.85. The summed E-state index contributed by atoms with van der Waals surface area (Å²) >= 11 is 0. The van der Waals surface area contributed by atoms with Crippen molar-refractivity contribution in [2.45, 2.75) is 54.1 Å². The minimum absolute atomic E-state index is 0.197. The van der Waals surface area contributed by atoms with E-state index in [1.54, 1.807) is 6.20 Å². The average Bonchev–Trinajstić information content (AvgIpc) is 3.30. The Kier molecular flexibility index (Phi) is 15.2. The lowest BCUT2D eigenvalue weighted by atomic mass is 10.2. The molecule has 0 unspecified atom stereocenters. The number of benzene rings is 2. The molecule has 3 aromatic rings. The molecule has 1 heterocycles. The maximum absolute atomic E-state index is 12.6. The van der Waals surface area contributed by atoms with Crippen LogP contribution in [0.1, 0.15) is 53.5 Å². The third-order valence-corrected chi connectivity index (χ3v) is 4.14. The molecule has 0 spiro atoms. The van der Waals surface area contributed by atoms with Crippen molar-refractivity contribution < 1.29 is 26.8 Å². The number of quaternary nitrogens is 1. The summed E-state index contributed by atoms with van der Waals surface area (Å²) in [6.45, 7) is 13.8. The van der Waals surface area contributed by atoms with Gasteiger partial charge in [0, 0.05) is 11.3 Å². The normalized spacial score (nSPS) is 10.6. The molecule has 1 aromatic heterocycles. The molecule has 0 saturated carbocycles. The molecule has 0 aliphatic rings. The molecule has 0 atom stereocenters. The summed E-state index contributed by atoms with van der Waals surface area (Å²) in [5.41, 5.74) is 0.559. The van der Waals surface area contributed by atoms with Gasteiger partial charge in [0.05, 0.1) is 32.9 Å². The van der Waals surface area contributed by atoms with Crippen molar-refractivity contribution in [2.75, 3.05) is 39.6 Å². The van der Waals surface area contributed by atoms with Crippen LogP contribution in [0, 0.1) is 0 Å². The van der Waals surface area contributed by atoms with Gasteiger partial charge >= 0.3 is 6.18 Å². The zero-order chi connectivity index (χ0) is 27.8. The van der Waals surface area contributed by atoms with E-state index in [4.69, 9.17) is 9.15 Å². The lowest BCUT2D eigenvalue weighted by molar-refractivity contribution is -0.870. The van der Waals surface area contributed by atoms with Crippen LogP contribution in [-0.4, -0.2) is 43.8 Å². The van der Waals surface area contributed by atoms with Gasteiger partial charge in [-0.1, -0.05) is 48.0 Å². The van der Waals surface area contributed by atoms with Crippen molar-refractivity contribution in [3.05, 3.63) is 60.3 Å². The summed E-state index contributed by atoms with van der Waals surface area (Å²) in [4.78, 5) is 4.12. The van der Waals surface area contributed by atoms with Gasteiger partial charge in [0.1, 0.15) is 18.9 Å². The number of anilines is 2. The lowest BCUT2D eigenvalue weighted by Gasteiger charge is -2.23. The molecule has 36 heavy (non-hydrogen) atoms. The third-order valence-electron chi connectivity index (χ3n) is 4.14. The molecule has 0 amide bonds. The van der Waals surface area contributed by atoms with Crippen LogP contribution in [0.15, 0.2) is 59.1 Å². The molecular weight excluding hydrogens is 467 g/mol. The SMILES string of the molecule is CC.CC.CCC.C[N+](C)(C)CCOc1ccc(-c2cnc(Nc3ccc(C(F)(F)F)cc3)o2)cc1. The Balaban J connectivity index is 0.00000159. The molecule has 0 saturated heterocycles. The summed E-state index contributed by atoms with van der Waals surface area (Å²) in [6.07, 6.45) is -1.56. The molecule has 5 nitrogen and oxygen atoms in total. The molecule has 0 aliphatic heterocycles. The van der Waals surface area contributed by atoms with E-state index >= 15 is 0 Å². The lowest BCUT2D eigenvalue weighted by Crippen LogP contribution is -2.38. The molecule has 0 bridgehead atoms. The van der Waals surface area contributed by atoms with Crippen LogP contribution in [0.4, 0.5) is 24.9 Å². The van der Waals surface area contributed by atoms with Gasteiger partial charge in [-0.05, 0) is 48.5 Å². The molecule has 8 heteroatoms. The van der Waals surface area contributed by atoms with Crippen LogP contribution in [0.25, 0.3) is 11.3 Å². The van der Waals surface area contributed by atoms with Crippen LogP contribution in [-0.2, 0) is 6.18 Å². The van der Waals surface area contributed by atoms with Gasteiger partial charge in [-0.25, -0.2) is 4.98 Å². The van der Waals surface area contributed by atoms with E-state index < -0.39 is 11.7 Å². The molecule has 2 aromatic carbocycles. The quantitative estimate of drug-likeness (QED) is 0.323. The number of rotatable bonds is 7. The highest BCUT2D eigenvalue weighted by Crippen LogP contribution is 2.31. The van der Waals surface area contributed by atoms with Gasteiger partial charge in [-0.15, -0.1) is 0 Å². The largest absolute Gasteiger partial charge is 0.488 e. The average molecular weight is 511 g/mol. The standard InChI is InChI=1S/C21H23F3N3O2.C3H8.2C2H6/c1-27(2,3)12-13-28-18-10-4-15(5-11-18)19-14-25-20(29-19)26-17-8-6-16(7-9-17)21(22,23)24;1-3-2;2*1-2/h4-11,14H,12-13H2,1-3H3,(H,25,26);3H2,1-2H3;2*1-2H3/q+1;;;. The summed E-state index contributed by atoms with van der Waals surface area (Å²) in [7, 11) is 6.31. The number of hydrogen-bond donors (Lipinski definition) is 1. The zero-order valence-corrected chi connectivity index (χ0v) is 23.2. The van der Waals surface area contributed by atoms with E-state index in [9.17, 15) is 13.2 Å². The fourth-order valence-electron chi connectivity index (χ4n) is 2.48. The molecule has 0 fully saturated rings. The van der Waals surface area contributed by atoms with Crippen LogP contribution < -0.4 is 10.1 Å². The maximum Gasteiger partial charge on any atom is 0.416 e. The van der Waals surface area contributed by atoms with Gasteiger partial charge < -0.3 is 19.0 Å². The van der Waals surface area contributed by atoms with Crippen molar-refractivity contribution >= 4 is 11.7 Å². The second-order valence-electron chi connectivity index (χ2n) is 8.32. The highest BCUT2D eigenvalue weighted by Gasteiger charge is 2.29. The topological polar surface area (TPSA) is 47.3 Å². The Morgan fingerprint density at radius 2 is 1.42 bits per heavy atom. The van der Waals surface area contributed by atoms with Crippen molar-refractivity contribution in [3.63, 3.8) is 0 Å². The predicted molar refractivity (Wildman–Crippen MR) is 144 cm³/mol. The number of nitrogens with zero attached hydrogens (tertiary/aromatic N) is 2. The van der Waals surface area contributed by atoms with Crippen LogP contribution in [0.3, 0.4) is 0 Å². The van der Waals surface area contributed by atoms with Crippen molar-refractivity contribution in [2.24, 2.45) is 0 Å². The van der Waals surface area contributed by atoms with Crippen LogP contribution in [0.2, 0.25) is 0 Å².